The molecular weight excluding hydrogens is 430 g/mol. The van der Waals surface area contributed by atoms with Gasteiger partial charge in [0.1, 0.15) is 0 Å². The van der Waals surface area contributed by atoms with E-state index in [4.69, 9.17) is 0 Å². The first-order chi connectivity index (χ1) is 16.1. The van der Waals surface area contributed by atoms with Crippen LogP contribution < -0.4 is 10.6 Å². The zero-order valence-electron chi connectivity index (χ0n) is 18.8. The van der Waals surface area contributed by atoms with Gasteiger partial charge in [0.25, 0.3) is 0 Å². The van der Waals surface area contributed by atoms with Crippen LogP contribution in [0.4, 0.5) is 11.4 Å². The van der Waals surface area contributed by atoms with Crippen molar-refractivity contribution in [1.82, 2.24) is 14.8 Å². The molecule has 0 aliphatic heterocycles. The summed E-state index contributed by atoms with van der Waals surface area (Å²) in [6.07, 6.45) is 0.386. The Labute approximate surface area is 198 Å². The molecule has 6 nitrogen and oxygen atoms in total. The number of aromatic nitrogens is 3. The van der Waals surface area contributed by atoms with Gasteiger partial charge in [0.2, 0.25) is 5.91 Å². The minimum Gasteiger partial charge on any atom is -0.378 e. The maximum absolute atomic E-state index is 12.4. The normalized spacial score (nSPS) is 10.7. The molecule has 3 aromatic carbocycles. The second-order valence-electron chi connectivity index (χ2n) is 7.80. The molecule has 1 aromatic heterocycles. The summed E-state index contributed by atoms with van der Waals surface area (Å²) in [5, 5.41) is 16.0. The van der Waals surface area contributed by atoms with Gasteiger partial charge in [-0.2, -0.15) is 0 Å². The Balaban J connectivity index is 1.42. The summed E-state index contributed by atoms with van der Waals surface area (Å²) in [5.41, 5.74) is 5.22. The standard InChI is InChI=1S/C26H27N5OS/c1-19-8-12-21(13-9-19)27-18-24-29-30-26(31(24)23-6-4-3-5-7-23)33-17-16-25(32)28-22-14-10-20(2)11-15-22/h3-15,27H,16-18H2,1-2H3,(H,28,32). The van der Waals surface area contributed by atoms with Gasteiger partial charge in [-0.05, 0) is 50.2 Å². The van der Waals surface area contributed by atoms with Gasteiger partial charge in [-0.25, -0.2) is 0 Å². The molecule has 1 heterocycles. The maximum Gasteiger partial charge on any atom is 0.225 e. The summed E-state index contributed by atoms with van der Waals surface area (Å²) < 4.78 is 2.05. The van der Waals surface area contributed by atoms with E-state index in [9.17, 15) is 4.79 Å². The molecular formula is C26H27N5OS. The number of carbonyl (C=O) groups is 1. The molecule has 0 saturated carbocycles. The molecule has 0 spiro atoms. The summed E-state index contributed by atoms with van der Waals surface area (Å²) in [5.74, 6) is 1.40. The molecule has 0 aliphatic rings. The van der Waals surface area contributed by atoms with Crippen LogP contribution in [0.1, 0.15) is 23.4 Å². The number of anilines is 2. The quantitative estimate of drug-likeness (QED) is 0.319. The second kappa shape index (κ2) is 10.8. The molecule has 4 rings (SSSR count). The molecule has 7 heteroatoms. The third-order valence-corrected chi connectivity index (χ3v) is 6.04. The van der Waals surface area contributed by atoms with E-state index in [0.717, 1.165) is 33.6 Å². The zero-order valence-corrected chi connectivity index (χ0v) is 19.6. The maximum atomic E-state index is 12.4. The van der Waals surface area contributed by atoms with Crippen molar-refractivity contribution in [2.45, 2.75) is 32.0 Å². The summed E-state index contributed by atoms with van der Waals surface area (Å²) in [4.78, 5) is 12.4. The number of benzene rings is 3. The van der Waals surface area contributed by atoms with Crippen molar-refractivity contribution in [3.05, 3.63) is 95.8 Å². The molecule has 1 amide bonds. The third kappa shape index (κ3) is 6.23. The molecule has 0 fully saturated rings. The molecule has 0 saturated heterocycles. The highest BCUT2D eigenvalue weighted by Crippen LogP contribution is 2.23. The van der Waals surface area contributed by atoms with Gasteiger partial charge in [-0.15, -0.1) is 10.2 Å². The third-order valence-electron chi connectivity index (χ3n) is 5.11. The lowest BCUT2D eigenvalue weighted by Gasteiger charge is -2.11. The van der Waals surface area contributed by atoms with Crippen LogP contribution in [-0.4, -0.2) is 26.4 Å². The molecule has 0 atom stereocenters. The number of rotatable bonds is 9. The Morgan fingerprint density at radius 3 is 2.15 bits per heavy atom. The zero-order chi connectivity index (χ0) is 23.0. The molecule has 0 aliphatic carbocycles. The van der Waals surface area contributed by atoms with Gasteiger partial charge >= 0.3 is 0 Å². The average Bonchev–Trinajstić information content (AvgIpc) is 3.23. The predicted molar refractivity (Wildman–Crippen MR) is 135 cm³/mol. The van der Waals surface area contributed by atoms with E-state index in [1.165, 1.54) is 17.3 Å². The molecule has 0 bridgehead atoms. The van der Waals surface area contributed by atoms with Gasteiger partial charge in [0, 0.05) is 29.2 Å². The first-order valence-electron chi connectivity index (χ1n) is 10.9. The highest BCUT2D eigenvalue weighted by atomic mass is 32.2. The number of nitrogens with one attached hydrogen (secondary N) is 2. The Hall–Kier alpha value is -3.58. The van der Waals surface area contributed by atoms with E-state index in [-0.39, 0.29) is 5.91 Å². The predicted octanol–water partition coefficient (Wildman–Crippen LogP) is 5.62. The van der Waals surface area contributed by atoms with Crippen LogP contribution >= 0.6 is 11.8 Å². The largest absolute Gasteiger partial charge is 0.378 e. The van der Waals surface area contributed by atoms with Gasteiger partial charge in [0.15, 0.2) is 11.0 Å². The molecule has 33 heavy (non-hydrogen) atoms. The van der Waals surface area contributed by atoms with E-state index in [1.54, 1.807) is 0 Å². The summed E-state index contributed by atoms with van der Waals surface area (Å²) in [6, 6.07) is 26.1. The number of thioether (sulfide) groups is 1. The van der Waals surface area contributed by atoms with Crippen LogP contribution in [0.3, 0.4) is 0 Å². The minimum atomic E-state index is -0.0154. The molecule has 2 N–H and O–H groups in total. The highest BCUT2D eigenvalue weighted by Gasteiger charge is 2.15. The Bertz CT molecular complexity index is 1190. The highest BCUT2D eigenvalue weighted by molar-refractivity contribution is 7.99. The number of nitrogens with zero attached hydrogens (tertiary/aromatic N) is 3. The second-order valence-corrected chi connectivity index (χ2v) is 8.86. The first-order valence-corrected chi connectivity index (χ1v) is 11.9. The summed E-state index contributed by atoms with van der Waals surface area (Å²) >= 11 is 1.53. The Kier molecular flexibility index (Phi) is 7.42. The van der Waals surface area contributed by atoms with Gasteiger partial charge in [0.05, 0.1) is 6.54 Å². The fourth-order valence-corrected chi connectivity index (χ4v) is 4.20. The number of hydrogen-bond donors (Lipinski definition) is 2. The Morgan fingerprint density at radius 2 is 1.48 bits per heavy atom. The van der Waals surface area contributed by atoms with Crippen molar-refractivity contribution in [1.29, 1.82) is 0 Å². The summed E-state index contributed by atoms with van der Waals surface area (Å²) in [7, 11) is 0. The van der Waals surface area contributed by atoms with Gasteiger partial charge < -0.3 is 10.6 Å². The summed E-state index contributed by atoms with van der Waals surface area (Å²) in [6.45, 7) is 4.63. The van der Waals surface area contributed by atoms with Crippen LogP contribution in [0.5, 0.6) is 0 Å². The van der Waals surface area contributed by atoms with Crippen molar-refractivity contribution in [2.75, 3.05) is 16.4 Å². The number of amides is 1. The Morgan fingerprint density at radius 1 is 0.848 bits per heavy atom. The molecule has 168 valence electrons. The number of para-hydroxylation sites is 1. The number of aryl methyl sites for hydroxylation is 2. The SMILES string of the molecule is Cc1ccc(NCc2nnc(SCCC(=O)Nc3ccc(C)cc3)n2-c2ccccc2)cc1. The lowest BCUT2D eigenvalue weighted by atomic mass is 10.2. The minimum absolute atomic E-state index is 0.0154. The first kappa shape index (κ1) is 22.6. The van der Waals surface area contributed by atoms with Crippen molar-refractivity contribution >= 4 is 29.0 Å². The van der Waals surface area contributed by atoms with Crippen molar-refractivity contribution in [2.24, 2.45) is 0 Å². The van der Waals surface area contributed by atoms with Crippen LogP contribution in [-0.2, 0) is 11.3 Å². The van der Waals surface area contributed by atoms with E-state index in [0.29, 0.717) is 18.7 Å². The van der Waals surface area contributed by atoms with E-state index < -0.39 is 0 Å². The fourth-order valence-electron chi connectivity index (χ4n) is 3.29. The van der Waals surface area contributed by atoms with Crippen LogP contribution in [0, 0.1) is 13.8 Å². The van der Waals surface area contributed by atoms with Crippen LogP contribution in [0.25, 0.3) is 5.69 Å². The van der Waals surface area contributed by atoms with Crippen LogP contribution in [0.15, 0.2) is 84.0 Å². The smallest absolute Gasteiger partial charge is 0.225 e. The van der Waals surface area contributed by atoms with E-state index in [2.05, 4.69) is 52.0 Å². The van der Waals surface area contributed by atoms with Crippen LogP contribution in [0.2, 0.25) is 0 Å². The molecule has 0 unspecified atom stereocenters. The van der Waals surface area contributed by atoms with Gasteiger partial charge in [-0.3, -0.25) is 9.36 Å². The average molecular weight is 458 g/mol. The number of carbonyl (C=O) groups excluding carboxylic acids is 1. The van der Waals surface area contributed by atoms with E-state index in [1.807, 2.05) is 66.1 Å². The topological polar surface area (TPSA) is 71.8 Å². The van der Waals surface area contributed by atoms with Gasteiger partial charge in [-0.1, -0.05) is 65.4 Å². The lowest BCUT2D eigenvalue weighted by Crippen LogP contribution is -2.12. The molecule has 4 aromatic rings. The number of hydrogen-bond acceptors (Lipinski definition) is 5. The van der Waals surface area contributed by atoms with E-state index >= 15 is 0 Å². The molecule has 0 radical (unpaired) electrons. The fraction of sp³-hybridized carbons (Fsp3) is 0.192. The lowest BCUT2D eigenvalue weighted by molar-refractivity contribution is -0.115. The van der Waals surface area contributed by atoms with Crippen molar-refractivity contribution < 1.29 is 4.79 Å². The van der Waals surface area contributed by atoms with Crippen molar-refractivity contribution in [3.63, 3.8) is 0 Å². The van der Waals surface area contributed by atoms with Crippen molar-refractivity contribution in [3.8, 4) is 5.69 Å². The monoisotopic (exact) mass is 457 g/mol.